The second kappa shape index (κ2) is 11.8. The van der Waals surface area contributed by atoms with E-state index in [2.05, 4.69) is 34.1 Å². The van der Waals surface area contributed by atoms with Crippen LogP contribution in [0.1, 0.15) is 68.6 Å². The van der Waals surface area contributed by atoms with Crippen molar-refractivity contribution < 1.29 is 22.7 Å². The Kier molecular flexibility index (Phi) is 8.23. The third kappa shape index (κ3) is 6.34. The van der Waals surface area contributed by atoms with Crippen molar-refractivity contribution in [2.24, 2.45) is 5.92 Å². The molecule has 0 aliphatic heterocycles. The molecule has 41 heavy (non-hydrogen) atoms. The average Bonchev–Trinajstić information content (AvgIpc) is 3.29. The number of carbonyl (C=O) groups is 1. The van der Waals surface area contributed by atoms with Crippen LogP contribution in [0.25, 0.3) is 22.7 Å². The maximum Gasteiger partial charge on any atom is 0.416 e. The van der Waals surface area contributed by atoms with Crippen LogP contribution in [-0.2, 0) is 22.3 Å². The first kappa shape index (κ1) is 28.5. The number of pyridine rings is 1. The van der Waals surface area contributed by atoms with Gasteiger partial charge in [0.15, 0.2) is 17.3 Å². The molecular formula is C30H33F3N6O2. The smallest absolute Gasteiger partial charge is 0.416 e. The van der Waals surface area contributed by atoms with E-state index in [9.17, 15) is 18.0 Å². The van der Waals surface area contributed by atoms with Crippen LogP contribution in [0.5, 0.6) is 0 Å². The molecule has 3 aromatic heterocycles. The lowest BCUT2D eigenvalue weighted by molar-refractivity contribution is -0.141. The topological polar surface area (TPSA) is 94.8 Å². The zero-order chi connectivity index (χ0) is 29.1. The number of nitrogens with zero attached hydrogens (tertiary/aromatic N) is 5. The fourth-order valence-electron chi connectivity index (χ4n) is 5.15. The predicted molar refractivity (Wildman–Crippen MR) is 149 cm³/mol. The van der Waals surface area contributed by atoms with E-state index in [0.29, 0.717) is 46.4 Å². The molecule has 0 spiro atoms. The number of imidazole rings is 1. The highest BCUT2D eigenvalue weighted by atomic mass is 19.4. The Morgan fingerprint density at radius 3 is 2.51 bits per heavy atom. The predicted octanol–water partition coefficient (Wildman–Crippen LogP) is 6.61. The molecule has 1 aliphatic carbocycles. The van der Waals surface area contributed by atoms with E-state index in [1.165, 1.54) is 25.6 Å². The van der Waals surface area contributed by atoms with Crippen molar-refractivity contribution in [3.8, 4) is 11.5 Å². The molecule has 1 atom stereocenters. The van der Waals surface area contributed by atoms with Gasteiger partial charge in [-0.3, -0.25) is 9.78 Å². The summed E-state index contributed by atoms with van der Waals surface area (Å²) in [5.41, 5.74) is 2.74. The largest absolute Gasteiger partial charge is 0.469 e. The molecule has 0 radical (unpaired) electrons. The summed E-state index contributed by atoms with van der Waals surface area (Å²) in [5.74, 6) is 1.48. The van der Waals surface area contributed by atoms with Crippen LogP contribution in [-0.4, -0.2) is 43.6 Å². The second-order valence-corrected chi connectivity index (χ2v) is 10.8. The van der Waals surface area contributed by atoms with Gasteiger partial charge in [0.2, 0.25) is 0 Å². The van der Waals surface area contributed by atoms with Crippen LogP contribution < -0.4 is 5.32 Å². The molecule has 1 aromatic carbocycles. The highest BCUT2D eigenvalue weighted by molar-refractivity contribution is 5.86. The quantitative estimate of drug-likeness (QED) is 0.216. The molecule has 0 saturated heterocycles. The van der Waals surface area contributed by atoms with Gasteiger partial charge in [-0.05, 0) is 66.5 Å². The number of halogens is 3. The highest BCUT2D eigenvalue weighted by Crippen LogP contribution is 2.36. The summed E-state index contributed by atoms with van der Waals surface area (Å²) in [6, 6.07) is 9.03. The van der Waals surface area contributed by atoms with Crippen LogP contribution in [0.3, 0.4) is 0 Å². The van der Waals surface area contributed by atoms with Gasteiger partial charge in [-0.15, -0.1) is 0 Å². The molecule has 0 bridgehead atoms. The van der Waals surface area contributed by atoms with Crippen LogP contribution >= 0.6 is 0 Å². The molecule has 216 valence electrons. The summed E-state index contributed by atoms with van der Waals surface area (Å²) in [6.07, 6.45) is 2.86. The van der Waals surface area contributed by atoms with Crippen molar-refractivity contribution >= 4 is 23.0 Å². The zero-order valence-corrected chi connectivity index (χ0v) is 23.3. The van der Waals surface area contributed by atoms with Gasteiger partial charge >= 0.3 is 12.1 Å². The molecule has 4 aromatic rings. The average molecular weight is 567 g/mol. The first-order chi connectivity index (χ1) is 19.6. The SMILES string of the molecule is COC(=O)CC[C@@H](Nc1ncnc2nc(-c3cc(C(C)C)ccn3)n(Cc3ccc(C(F)(F)F)cc3)c12)C1CCC1. The van der Waals surface area contributed by atoms with Crippen LogP contribution in [0.2, 0.25) is 0 Å². The first-order valence-electron chi connectivity index (χ1n) is 13.8. The van der Waals surface area contributed by atoms with Crippen molar-refractivity contribution in [3.63, 3.8) is 0 Å². The minimum Gasteiger partial charge on any atom is -0.469 e. The van der Waals surface area contributed by atoms with E-state index >= 15 is 0 Å². The second-order valence-electron chi connectivity index (χ2n) is 10.8. The maximum absolute atomic E-state index is 13.2. The van der Waals surface area contributed by atoms with Crippen LogP contribution in [0, 0.1) is 5.92 Å². The summed E-state index contributed by atoms with van der Waals surface area (Å²) in [5, 5.41) is 3.56. The number of fused-ring (bicyclic) bond motifs is 1. The molecule has 1 N–H and O–H groups in total. The van der Waals surface area contributed by atoms with Gasteiger partial charge in [0.05, 0.1) is 12.7 Å². The van der Waals surface area contributed by atoms with Crippen molar-refractivity contribution in [2.75, 3.05) is 12.4 Å². The number of hydrogen-bond donors (Lipinski definition) is 1. The number of esters is 1. The van der Waals surface area contributed by atoms with Crippen molar-refractivity contribution in [1.29, 1.82) is 0 Å². The minimum atomic E-state index is -4.42. The van der Waals surface area contributed by atoms with E-state index in [4.69, 9.17) is 9.72 Å². The van der Waals surface area contributed by atoms with Crippen LogP contribution in [0.15, 0.2) is 48.9 Å². The Labute approximate surface area is 236 Å². The normalized spacial score (nSPS) is 14.7. The number of hydrogen-bond acceptors (Lipinski definition) is 7. The monoisotopic (exact) mass is 566 g/mol. The van der Waals surface area contributed by atoms with Gasteiger partial charge in [0, 0.05) is 25.2 Å². The Hall–Kier alpha value is -4.02. The Morgan fingerprint density at radius 2 is 1.88 bits per heavy atom. The number of alkyl halides is 3. The fourth-order valence-corrected chi connectivity index (χ4v) is 5.15. The van der Waals surface area contributed by atoms with E-state index in [1.807, 2.05) is 16.7 Å². The molecule has 0 unspecified atom stereocenters. The number of carbonyl (C=O) groups excluding carboxylic acids is 1. The Bertz CT molecular complexity index is 1510. The van der Waals surface area contributed by atoms with Crippen molar-refractivity contribution in [3.05, 3.63) is 65.6 Å². The van der Waals surface area contributed by atoms with Gasteiger partial charge in [0.25, 0.3) is 0 Å². The van der Waals surface area contributed by atoms with Crippen molar-refractivity contribution in [1.82, 2.24) is 24.5 Å². The minimum absolute atomic E-state index is 0.0128. The van der Waals surface area contributed by atoms with Gasteiger partial charge in [-0.25, -0.2) is 15.0 Å². The molecule has 3 heterocycles. The summed E-state index contributed by atoms with van der Waals surface area (Å²) >= 11 is 0. The number of benzene rings is 1. The number of methoxy groups -OCH3 is 1. The highest BCUT2D eigenvalue weighted by Gasteiger charge is 2.31. The lowest BCUT2D eigenvalue weighted by atomic mass is 9.78. The van der Waals surface area contributed by atoms with Gasteiger partial charge in [-0.2, -0.15) is 13.2 Å². The number of aromatic nitrogens is 5. The van der Waals surface area contributed by atoms with Gasteiger partial charge < -0.3 is 14.6 Å². The van der Waals surface area contributed by atoms with Gasteiger partial charge in [0.1, 0.15) is 17.5 Å². The lowest BCUT2D eigenvalue weighted by Crippen LogP contribution is -2.34. The summed E-state index contributed by atoms with van der Waals surface area (Å²) < 4.78 is 46.4. The van der Waals surface area contributed by atoms with E-state index < -0.39 is 11.7 Å². The molecule has 5 rings (SSSR count). The van der Waals surface area contributed by atoms with E-state index in [1.54, 1.807) is 6.20 Å². The number of anilines is 1. The molecular weight excluding hydrogens is 533 g/mol. The molecule has 1 fully saturated rings. The third-order valence-electron chi connectivity index (χ3n) is 7.77. The van der Waals surface area contributed by atoms with Crippen molar-refractivity contribution in [2.45, 2.75) is 70.6 Å². The Balaban J connectivity index is 1.59. The maximum atomic E-state index is 13.2. The molecule has 1 aliphatic rings. The molecule has 11 heteroatoms. The first-order valence-corrected chi connectivity index (χ1v) is 13.8. The van der Waals surface area contributed by atoms with Crippen LogP contribution in [0.4, 0.5) is 19.0 Å². The fraction of sp³-hybridized carbons (Fsp3) is 0.433. The van der Waals surface area contributed by atoms with Gasteiger partial charge in [-0.1, -0.05) is 32.4 Å². The molecule has 8 nitrogen and oxygen atoms in total. The van der Waals surface area contributed by atoms with E-state index in [-0.39, 0.29) is 30.9 Å². The molecule has 0 amide bonds. The number of nitrogens with one attached hydrogen (secondary N) is 1. The molecule has 1 saturated carbocycles. The Morgan fingerprint density at radius 1 is 1.12 bits per heavy atom. The standard InChI is InChI=1S/C30H33F3N6O2/c1-18(2)21-13-14-34-24(15-21)29-38-28-26(39(29)16-19-7-9-22(10-8-19)30(31,32)33)27(35-17-36-28)37-23(20-5-4-6-20)11-12-25(40)41-3/h7-10,13-15,17-18,20,23H,4-6,11-12,16H2,1-3H3,(H,35,36,37)/t23-/m1/s1. The third-order valence-corrected chi connectivity index (χ3v) is 7.77. The summed E-state index contributed by atoms with van der Waals surface area (Å²) in [4.78, 5) is 30.3. The summed E-state index contributed by atoms with van der Waals surface area (Å²) in [7, 11) is 1.38. The lowest BCUT2D eigenvalue weighted by Gasteiger charge is -2.34. The zero-order valence-electron chi connectivity index (χ0n) is 23.3. The number of ether oxygens (including phenoxy) is 1. The van der Waals surface area contributed by atoms with E-state index in [0.717, 1.165) is 37.0 Å². The number of rotatable bonds is 10. The summed E-state index contributed by atoms with van der Waals surface area (Å²) in [6.45, 7) is 4.41.